The Balaban J connectivity index is 1.71. The lowest BCUT2D eigenvalue weighted by atomic mass is 9.79. The lowest BCUT2D eigenvalue weighted by Crippen LogP contribution is -2.26. The van der Waals surface area contributed by atoms with Crippen molar-refractivity contribution in [3.05, 3.63) is 0 Å². The molecule has 0 aromatic heterocycles. The van der Waals surface area contributed by atoms with Crippen LogP contribution in [0.5, 0.6) is 0 Å². The van der Waals surface area contributed by atoms with Crippen LogP contribution < -0.4 is 0 Å². The zero-order chi connectivity index (χ0) is 8.39. The van der Waals surface area contributed by atoms with E-state index in [0.717, 1.165) is 12.3 Å². The molecule has 1 N–H and O–H groups in total. The third-order valence-electron chi connectivity index (χ3n) is 3.31. The topological polar surface area (TPSA) is 20.2 Å². The fourth-order valence-electron chi connectivity index (χ4n) is 2.12. The fourth-order valence-corrected chi connectivity index (χ4v) is 3.45. The molecule has 0 amide bonds. The molecule has 2 atom stereocenters. The van der Waals surface area contributed by atoms with Gasteiger partial charge in [0.1, 0.15) is 0 Å². The van der Waals surface area contributed by atoms with Crippen LogP contribution in [0.4, 0.5) is 0 Å². The van der Waals surface area contributed by atoms with Crippen molar-refractivity contribution in [2.45, 2.75) is 38.2 Å². The first kappa shape index (κ1) is 8.89. The van der Waals surface area contributed by atoms with E-state index < -0.39 is 0 Å². The fraction of sp³-hybridized carbons (Fsp3) is 1.00. The molecule has 2 aliphatic rings. The molecule has 12 heavy (non-hydrogen) atoms. The van der Waals surface area contributed by atoms with Crippen LogP contribution in [-0.2, 0) is 0 Å². The highest BCUT2D eigenvalue weighted by atomic mass is 32.2. The summed E-state index contributed by atoms with van der Waals surface area (Å²) in [6.07, 6.45) is 6.50. The van der Waals surface area contributed by atoms with Crippen LogP contribution >= 0.6 is 11.8 Å². The molecule has 70 valence electrons. The van der Waals surface area contributed by atoms with E-state index in [0.29, 0.717) is 5.92 Å². The van der Waals surface area contributed by atoms with Crippen molar-refractivity contribution in [1.29, 1.82) is 0 Å². The Hall–Kier alpha value is 0.310. The molecule has 1 aliphatic carbocycles. The molecule has 0 spiro atoms. The first-order chi connectivity index (χ1) is 5.86. The summed E-state index contributed by atoms with van der Waals surface area (Å²) in [5.74, 6) is 3.96. The summed E-state index contributed by atoms with van der Waals surface area (Å²) in [7, 11) is 0. The van der Waals surface area contributed by atoms with Gasteiger partial charge < -0.3 is 5.11 Å². The zero-order valence-electron chi connectivity index (χ0n) is 7.54. The summed E-state index contributed by atoms with van der Waals surface area (Å²) >= 11 is 2.00. The highest BCUT2D eigenvalue weighted by Crippen LogP contribution is 2.35. The van der Waals surface area contributed by atoms with E-state index in [9.17, 15) is 5.11 Å². The maximum absolute atomic E-state index is 9.87. The predicted molar refractivity (Wildman–Crippen MR) is 53.4 cm³/mol. The third-order valence-corrected chi connectivity index (χ3v) is 4.50. The Bertz CT molecular complexity index is 139. The Kier molecular flexibility index (Phi) is 2.97. The van der Waals surface area contributed by atoms with Crippen LogP contribution in [0.15, 0.2) is 0 Å². The first-order valence-electron chi connectivity index (χ1n) is 5.12. The number of hydrogen-bond acceptors (Lipinski definition) is 2. The maximum Gasteiger partial charge on any atom is 0.0579 e. The molecule has 1 heterocycles. The van der Waals surface area contributed by atoms with Crippen LogP contribution in [0.2, 0.25) is 0 Å². The Morgan fingerprint density at radius 1 is 1.33 bits per heavy atom. The molecular formula is C10H18OS. The van der Waals surface area contributed by atoms with Gasteiger partial charge in [-0.25, -0.2) is 0 Å². The maximum atomic E-state index is 9.87. The summed E-state index contributed by atoms with van der Waals surface area (Å²) in [5, 5.41) is 9.87. The molecule has 0 aromatic rings. The Morgan fingerprint density at radius 2 is 2.17 bits per heavy atom. The van der Waals surface area contributed by atoms with E-state index in [2.05, 4.69) is 0 Å². The van der Waals surface area contributed by atoms with E-state index in [1.807, 2.05) is 11.8 Å². The van der Waals surface area contributed by atoms with Gasteiger partial charge in [-0.1, -0.05) is 19.3 Å². The van der Waals surface area contributed by atoms with E-state index in [-0.39, 0.29) is 6.10 Å². The van der Waals surface area contributed by atoms with Crippen LogP contribution in [0.1, 0.15) is 32.1 Å². The van der Waals surface area contributed by atoms with E-state index in [1.54, 1.807) is 0 Å². The van der Waals surface area contributed by atoms with E-state index in [1.165, 1.54) is 37.2 Å². The second kappa shape index (κ2) is 4.01. The monoisotopic (exact) mass is 186 g/mol. The van der Waals surface area contributed by atoms with Gasteiger partial charge in [-0.05, 0) is 36.2 Å². The molecule has 2 heteroatoms. The Labute approximate surface area is 78.9 Å². The highest BCUT2D eigenvalue weighted by Gasteiger charge is 2.28. The van der Waals surface area contributed by atoms with Crippen molar-refractivity contribution in [2.75, 3.05) is 11.5 Å². The Morgan fingerprint density at radius 3 is 2.67 bits per heavy atom. The van der Waals surface area contributed by atoms with Crippen molar-refractivity contribution < 1.29 is 5.11 Å². The van der Waals surface area contributed by atoms with Gasteiger partial charge in [-0.15, -0.1) is 0 Å². The van der Waals surface area contributed by atoms with Crippen LogP contribution in [0, 0.1) is 11.8 Å². The minimum atomic E-state index is 0.0188. The van der Waals surface area contributed by atoms with E-state index in [4.69, 9.17) is 0 Å². The van der Waals surface area contributed by atoms with Gasteiger partial charge in [0.2, 0.25) is 0 Å². The average molecular weight is 186 g/mol. The minimum Gasteiger partial charge on any atom is -0.393 e. The third kappa shape index (κ3) is 1.97. The molecule has 0 aromatic carbocycles. The average Bonchev–Trinajstić information content (AvgIpc) is 2.47. The number of aliphatic hydroxyl groups is 1. The summed E-state index contributed by atoms with van der Waals surface area (Å²) in [6.45, 7) is 0. The molecule has 2 rings (SSSR count). The summed E-state index contributed by atoms with van der Waals surface area (Å²) in [4.78, 5) is 0. The normalized spacial score (nSPS) is 33.2. The van der Waals surface area contributed by atoms with Crippen molar-refractivity contribution in [3.8, 4) is 0 Å². The highest BCUT2D eigenvalue weighted by molar-refractivity contribution is 7.99. The van der Waals surface area contributed by atoms with Gasteiger partial charge in [0.25, 0.3) is 0 Å². The summed E-state index contributed by atoms with van der Waals surface area (Å²) in [5.41, 5.74) is 0. The molecule has 1 aliphatic heterocycles. The molecule has 0 bridgehead atoms. The predicted octanol–water partition coefficient (Wildman–Crippen LogP) is 2.29. The molecule has 1 nitrogen and oxygen atoms in total. The molecule has 2 unspecified atom stereocenters. The smallest absolute Gasteiger partial charge is 0.0579 e. The number of aliphatic hydroxyl groups excluding tert-OH is 1. The van der Waals surface area contributed by atoms with Crippen molar-refractivity contribution in [3.63, 3.8) is 0 Å². The molecule has 2 fully saturated rings. The van der Waals surface area contributed by atoms with Gasteiger partial charge in [0.15, 0.2) is 0 Å². The van der Waals surface area contributed by atoms with Crippen LogP contribution in [-0.4, -0.2) is 22.7 Å². The zero-order valence-corrected chi connectivity index (χ0v) is 8.35. The summed E-state index contributed by atoms with van der Waals surface area (Å²) < 4.78 is 0. The van der Waals surface area contributed by atoms with Gasteiger partial charge in [0.05, 0.1) is 6.10 Å². The lowest BCUT2D eigenvalue weighted by molar-refractivity contribution is 0.0752. The van der Waals surface area contributed by atoms with Crippen molar-refractivity contribution in [2.24, 2.45) is 11.8 Å². The molecule has 1 saturated heterocycles. The number of thioether (sulfide) groups is 1. The van der Waals surface area contributed by atoms with Gasteiger partial charge in [-0.2, -0.15) is 11.8 Å². The number of rotatable bonds is 3. The van der Waals surface area contributed by atoms with Gasteiger partial charge >= 0.3 is 0 Å². The quantitative estimate of drug-likeness (QED) is 0.730. The van der Waals surface area contributed by atoms with Crippen LogP contribution in [0.25, 0.3) is 0 Å². The SMILES string of the molecule is OC(CC1CCC1)C1CCSC1. The molecule has 1 saturated carbocycles. The first-order valence-corrected chi connectivity index (χ1v) is 6.27. The lowest BCUT2D eigenvalue weighted by Gasteiger charge is -2.29. The summed E-state index contributed by atoms with van der Waals surface area (Å²) in [6, 6.07) is 0. The standard InChI is InChI=1S/C10H18OS/c11-10(6-8-2-1-3-8)9-4-5-12-7-9/h8-11H,1-7H2. The second-order valence-corrected chi connectivity index (χ2v) is 5.37. The number of hydrogen-bond donors (Lipinski definition) is 1. The second-order valence-electron chi connectivity index (χ2n) is 4.22. The van der Waals surface area contributed by atoms with Crippen LogP contribution in [0.3, 0.4) is 0 Å². The van der Waals surface area contributed by atoms with E-state index >= 15 is 0 Å². The van der Waals surface area contributed by atoms with Crippen molar-refractivity contribution >= 4 is 11.8 Å². The largest absolute Gasteiger partial charge is 0.393 e. The minimum absolute atomic E-state index is 0.0188. The molecular weight excluding hydrogens is 168 g/mol. The van der Waals surface area contributed by atoms with Crippen molar-refractivity contribution in [1.82, 2.24) is 0 Å². The molecule has 0 radical (unpaired) electrons. The van der Waals surface area contributed by atoms with Gasteiger partial charge in [0, 0.05) is 0 Å². The van der Waals surface area contributed by atoms with Gasteiger partial charge in [-0.3, -0.25) is 0 Å².